The number of hydrogen-bond acceptors (Lipinski definition) is 3. The van der Waals surface area contributed by atoms with E-state index in [2.05, 4.69) is 4.72 Å². The summed E-state index contributed by atoms with van der Waals surface area (Å²) >= 11 is 5.78. The van der Waals surface area contributed by atoms with Gasteiger partial charge in [-0.25, -0.2) is 13.1 Å². The summed E-state index contributed by atoms with van der Waals surface area (Å²) in [5, 5.41) is 8.99. The molecule has 2 aromatic carbocycles. The first-order valence-corrected chi connectivity index (χ1v) is 12.6. The molecule has 0 heterocycles. The van der Waals surface area contributed by atoms with Gasteiger partial charge in [-0.05, 0) is 67.5 Å². The highest BCUT2D eigenvalue weighted by Gasteiger charge is 2.56. The predicted octanol–water partition coefficient (Wildman–Crippen LogP) is 6.52. The van der Waals surface area contributed by atoms with Gasteiger partial charge in [0.05, 0.1) is 4.90 Å². The molecular formula is C23H25ClF5NO4S. The normalized spacial score (nSPS) is 13.5. The van der Waals surface area contributed by atoms with E-state index >= 15 is 0 Å². The van der Waals surface area contributed by atoms with Gasteiger partial charge in [0.25, 0.3) is 0 Å². The van der Waals surface area contributed by atoms with E-state index in [4.69, 9.17) is 16.7 Å². The van der Waals surface area contributed by atoms with Crippen molar-refractivity contribution >= 4 is 27.6 Å². The average Bonchev–Trinajstić information content (AvgIpc) is 2.76. The Morgan fingerprint density at radius 2 is 1.54 bits per heavy atom. The fourth-order valence-electron chi connectivity index (χ4n) is 3.35. The number of aliphatic carboxylic acids is 1. The van der Waals surface area contributed by atoms with Crippen molar-refractivity contribution in [3.05, 3.63) is 64.7 Å². The van der Waals surface area contributed by atoms with E-state index in [1.807, 2.05) is 0 Å². The van der Waals surface area contributed by atoms with E-state index in [1.165, 1.54) is 24.3 Å². The molecule has 0 aliphatic heterocycles. The van der Waals surface area contributed by atoms with Crippen LogP contribution in [0.5, 0.6) is 0 Å². The second-order valence-electron chi connectivity index (χ2n) is 8.06. The molecule has 0 aliphatic carbocycles. The highest BCUT2D eigenvalue weighted by Crippen LogP contribution is 2.40. The Bertz CT molecular complexity index is 1070. The van der Waals surface area contributed by atoms with Gasteiger partial charge in [0.15, 0.2) is 0 Å². The molecule has 12 heteroatoms. The van der Waals surface area contributed by atoms with Crippen molar-refractivity contribution in [1.82, 2.24) is 4.72 Å². The van der Waals surface area contributed by atoms with Gasteiger partial charge in [-0.15, -0.1) is 0 Å². The number of unbranched alkanes of at least 4 members (excludes halogenated alkanes) is 1. The molecule has 0 fully saturated rings. The Balaban J connectivity index is 2.17. The van der Waals surface area contributed by atoms with Crippen LogP contribution in [-0.2, 0) is 21.2 Å². The van der Waals surface area contributed by atoms with Crippen LogP contribution in [0.2, 0.25) is 5.02 Å². The molecule has 0 saturated heterocycles. The van der Waals surface area contributed by atoms with Gasteiger partial charge >= 0.3 is 18.1 Å². The summed E-state index contributed by atoms with van der Waals surface area (Å²) in [6.45, 7) is 0. The quantitative estimate of drug-likeness (QED) is 0.223. The Hall–Kier alpha value is -2.24. The maximum atomic E-state index is 13.4. The minimum Gasteiger partial charge on any atom is -0.481 e. The van der Waals surface area contributed by atoms with Crippen molar-refractivity contribution in [3.8, 4) is 0 Å². The predicted molar refractivity (Wildman–Crippen MR) is 121 cm³/mol. The first kappa shape index (κ1) is 29.0. The van der Waals surface area contributed by atoms with Crippen LogP contribution < -0.4 is 4.72 Å². The van der Waals surface area contributed by atoms with Crippen LogP contribution in [0.3, 0.4) is 0 Å². The molecule has 0 amide bonds. The largest absolute Gasteiger partial charge is 0.481 e. The highest BCUT2D eigenvalue weighted by atomic mass is 35.5. The van der Waals surface area contributed by atoms with Gasteiger partial charge in [0, 0.05) is 23.9 Å². The molecule has 0 saturated carbocycles. The number of nitrogens with one attached hydrogen (secondary N) is 1. The Morgan fingerprint density at radius 3 is 2.09 bits per heavy atom. The number of carboxylic acid groups (broad SMARTS) is 1. The number of halogens is 6. The molecule has 0 spiro atoms. The zero-order valence-electron chi connectivity index (χ0n) is 18.5. The number of alkyl halides is 5. The number of benzene rings is 2. The SMILES string of the molecule is O=C(O)CCCCc1ccc(C(CCCC(F)(F)C(F)(F)F)NS(=O)(=O)c2ccc(Cl)cc2)cc1. The Kier molecular flexibility index (Phi) is 10.1. The molecule has 1 atom stereocenters. The summed E-state index contributed by atoms with van der Waals surface area (Å²) < 4.78 is 92.3. The maximum absolute atomic E-state index is 13.4. The fourth-order valence-corrected chi connectivity index (χ4v) is 4.74. The fraction of sp³-hybridized carbons (Fsp3) is 0.435. The maximum Gasteiger partial charge on any atom is 0.453 e. The number of carbonyl (C=O) groups is 1. The molecule has 0 aliphatic rings. The zero-order chi connectivity index (χ0) is 26.3. The summed E-state index contributed by atoms with van der Waals surface area (Å²) in [7, 11) is -4.13. The van der Waals surface area contributed by atoms with Crippen molar-refractivity contribution in [1.29, 1.82) is 0 Å². The van der Waals surface area contributed by atoms with E-state index in [0.717, 1.165) is 5.56 Å². The lowest BCUT2D eigenvalue weighted by Crippen LogP contribution is -2.36. The minimum atomic E-state index is -5.69. The molecule has 2 rings (SSSR count). The summed E-state index contributed by atoms with van der Waals surface area (Å²) in [5.41, 5.74) is 1.24. The topological polar surface area (TPSA) is 83.5 Å². The van der Waals surface area contributed by atoms with Crippen LogP contribution in [0, 0.1) is 0 Å². The van der Waals surface area contributed by atoms with Crippen LogP contribution in [0.4, 0.5) is 22.0 Å². The number of carboxylic acids is 1. The monoisotopic (exact) mass is 541 g/mol. The lowest BCUT2D eigenvalue weighted by atomic mass is 9.98. The molecule has 1 unspecified atom stereocenters. The van der Waals surface area contributed by atoms with Gasteiger partial charge in [-0.3, -0.25) is 4.79 Å². The summed E-state index contributed by atoms with van der Waals surface area (Å²) in [5.74, 6) is -5.78. The number of rotatable bonds is 13. The summed E-state index contributed by atoms with van der Waals surface area (Å²) in [6.07, 6.45) is -6.33. The van der Waals surface area contributed by atoms with E-state index in [1.54, 1.807) is 24.3 Å². The molecule has 0 radical (unpaired) electrons. The van der Waals surface area contributed by atoms with Crippen LogP contribution in [0.15, 0.2) is 53.4 Å². The molecule has 2 N–H and O–H groups in total. The van der Waals surface area contributed by atoms with Gasteiger partial charge in [-0.1, -0.05) is 35.9 Å². The summed E-state index contributed by atoms with van der Waals surface area (Å²) in [4.78, 5) is 10.5. The highest BCUT2D eigenvalue weighted by molar-refractivity contribution is 7.89. The molecule has 0 aromatic heterocycles. The second-order valence-corrected chi connectivity index (χ2v) is 10.2. The van der Waals surface area contributed by atoms with E-state index in [0.29, 0.717) is 29.8 Å². The molecule has 0 bridgehead atoms. The standard InChI is InChI=1S/C23H25ClF5NO4S/c24-18-11-13-19(14-12-18)35(33,34)30-20(5-3-15-22(25,26)23(27,28)29)17-9-7-16(8-10-17)4-1-2-6-21(31)32/h7-14,20,30H,1-6,15H2,(H,31,32). The first-order chi connectivity index (χ1) is 16.2. The molecule has 194 valence electrons. The van der Waals surface area contributed by atoms with E-state index in [9.17, 15) is 35.2 Å². The van der Waals surface area contributed by atoms with E-state index in [-0.39, 0.29) is 17.7 Å². The molecule has 2 aromatic rings. The van der Waals surface area contributed by atoms with Crippen LogP contribution in [0.1, 0.15) is 55.7 Å². The molecule has 5 nitrogen and oxygen atoms in total. The van der Waals surface area contributed by atoms with Crippen molar-refractivity contribution in [2.24, 2.45) is 0 Å². The first-order valence-electron chi connectivity index (χ1n) is 10.7. The third kappa shape index (κ3) is 9.05. The lowest BCUT2D eigenvalue weighted by molar-refractivity contribution is -0.284. The van der Waals surface area contributed by atoms with Gasteiger partial charge in [0.1, 0.15) is 0 Å². The van der Waals surface area contributed by atoms with Crippen molar-refractivity contribution in [3.63, 3.8) is 0 Å². The zero-order valence-corrected chi connectivity index (χ0v) is 20.1. The van der Waals surface area contributed by atoms with Crippen molar-refractivity contribution in [2.75, 3.05) is 0 Å². The Morgan fingerprint density at radius 1 is 0.943 bits per heavy atom. The third-order valence-corrected chi connectivity index (χ3v) is 7.05. The second kappa shape index (κ2) is 12.1. The van der Waals surface area contributed by atoms with Gasteiger partial charge < -0.3 is 5.11 Å². The lowest BCUT2D eigenvalue weighted by Gasteiger charge is -2.23. The average molecular weight is 542 g/mol. The van der Waals surface area contributed by atoms with Crippen LogP contribution in [-0.4, -0.2) is 31.6 Å². The summed E-state index contributed by atoms with van der Waals surface area (Å²) in [6, 6.07) is 10.7. The number of hydrogen-bond donors (Lipinski definition) is 2. The van der Waals surface area contributed by atoms with Crippen molar-refractivity contribution < 1.29 is 40.3 Å². The van der Waals surface area contributed by atoms with Gasteiger partial charge in [-0.2, -0.15) is 22.0 Å². The van der Waals surface area contributed by atoms with Crippen LogP contribution >= 0.6 is 11.6 Å². The smallest absolute Gasteiger partial charge is 0.453 e. The Labute approximate surface area is 205 Å². The van der Waals surface area contributed by atoms with E-state index < -0.39 is 47.0 Å². The third-order valence-electron chi connectivity index (χ3n) is 5.31. The number of aryl methyl sites for hydroxylation is 1. The minimum absolute atomic E-state index is 0.0369. The van der Waals surface area contributed by atoms with Gasteiger partial charge in [0.2, 0.25) is 10.0 Å². The van der Waals surface area contributed by atoms with Crippen LogP contribution in [0.25, 0.3) is 0 Å². The van der Waals surface area contributed by atoms with Crippen molar-refractivity contribution in [2.45, 2.75) is 68.0 Å². The molecule has 35 heavy (non-hydrogen) atoms. The molecular weight excluding hydrogens is 517 g/mol. The number of sulfonamides is 1.